The second-order valence-electron chi connectivity index (χ2n) is 4.57. The van der Waals surface area contributed by atoms with E-state index in [-0.39, 0.29) is 17.4 Å². The second-order valence-corrected chi connectivity index (χ2v) is 6.34. The molecule has 6 heteroatoms. The molecule has 0 radical (unpaired) electrons. The number of anilines is 1. The predicted molar refractivity (Wildman–Crippen MR) is 88.1 cm³/mol. The zero-order valence-corrected chi connectivity index (χ0v) is 13.7. The maximum Gasteiger partial charge on any atom is 0.256 e. The van der Waals surface area contributed by atoms with Crippen LogP contribution in [0.15, 0.2) is 39.3 Å². The molecule has 0 saturated carbocycles. The smallest absolute Gasteiger partial charge is 0.256 e. The first-order chi connectivity index (χ1) is 9.95. The summed E-state index contributed by atoms with van der Waals surface area (Å²) in [7, 11) is 0. The monoisotopic (exact) mass is 409 g/mol. The van der Waals surface area contributed by atoms with Crippen LogP contribution < -0.4 is 5.32 Å². The van der Waals surface area contributed by atoms with Crippen molar-refractivity contribution in [3.63, 3.8) is 0 Å². The van der Waals surface area contributed by atoms with Crippen molar-refractivity contribution < 1.29 is 15.0 Å². The minimum Gasteiger partial charge on any atom is -0.504 e. The molecule has 3 rings (SSSR count). The highest BCUT2D eigenvalue weighted by molar-refractivity contribution is 9.10. The Morgan fingerprint density at radius 3 is 2.57 bits per heavy atom. The maximum atomic E-state index is 12.1. The number of hydrogen-bond donors (Lipinski definition) is 3. The van der Waals surface area contributed by atoms with E-state index >= 15 is 0 Å². The van der Waals surface area contributed by atoms with E-state index in [9.17, 15) is 15.0 Å². The molecule has 1 heterocycles. The van der Waals surface area contributed by atoms with Crippen LogP contribution in [0.4, 0.5) is 5.69 Å². The summed E-state index contributed by atoms with van der Waals surface area (Å²) in [6.45, 7) is 0. The van der Waals surface area contributed by atoms with Crippen LogP contribution in [0.25, 0.3) is 11.6 Å². The quantitative estimate of drug-likeness (QED) is 0.489. The summed E-state index contributed by atoms with van der Waals surface area (Å²) >= 11 is 6.54. The van der Waals surface area contributed by atoms with E-state index in [1.165, 1.54) is 6.07 Å². The van der Waals surface area contributed by atoms with E-state index in [4.69, 9.17) is 0 Å². The van der Waals surface area contributed by atoms with Gasteiger partial charge in [-0.3, -0.25) is 4.79 Å². The molecule has 0 saturated heterocycles. The van der Waals surface area contributed by atoms with Crippen molar-refractivity contribution in [3.8, 4) is 11.5 Å². The summed E-state index contributed by atoms with van der Waals surface area (Å²) in [5.41, 5.74) is 2.65. The van der Waals surface area contributed by atoms with Crippen molar-refractivity contribution in [1.29, 1.82) is 0 Å². The lowest BCUT2D eigenvalue weighted by molar-refractivity contribution is -0.110. The molecular weight excluding hydrogens is 402 g/mol. The molecule has 0 atom stereocenters. The number of phenols is 2. The van der Waals surface area contributed by atoms with E-state index in [0.717, 1.165) is 15.7 Å². The Bertz CT molecular complexity index is 776. The van der Waals surface area contributed by atoms with Crippen molar-refractivity contribution >= 4 is 55.1 Å². The first kappa shape index (κ1) is 14.2. The SMILES string of the molecule is O=C1Nc2ccc(Br)cc2/C1=C\c1cc(O)c(O)c(Br)c1. The summed E-state index contributed by atoms with van der Waals surface area (Å²) in [5.74, 6) is -0.674. The number of fused-ring (bicyclic) bond motifs is 1. The molecule has 1 aliphatic heterocycles. The summed E-state index contributed by atoms with van der Waals surface area (Å²) in [6, 6.07) is 8.56. The van der Waals surface area contributed by atoms with Gasteiger partial charge in [0, 0.05) is 21.3 Å². The maximum absolute atomic E-state index is 12.1. The van der Waals surface area contributed by atoms with Crippen LogP contribution in [0, 0.1) is 0 Å². The molecule has 21 heavy (non-hydrogen) atoms. The fourth-order valence-corrected chi connectivity index (χ4v) is 2.99. The number of phenolic OH excluding ortho intramolecular Hbond substituents is 2. The van der Waals surface area contributed by atoms with Gasteiger partial charge < -0.3 is 15.5 Å². The largest absolute Gasteiger partial charge is 0.504 e. The van der Waals surface area contributed by atoms with Crippen molar-refractivity contribution in [1.82, 2.24) is 0 Å². The Morgan fingerprint density at radius 2 is 1.86 bits per heavy atom. The lowest BCUT2D eigenvalue weighted by Gasteiger charge is -2.04. The zero-order chi connectivity index (χ0) is 15.1. The highest BCUT2D eigenvalue weighted by Gasteiger charge is 2.24. The van der Waals surface area contributed by atoms with Crippen molar-refractivity contribution in [2.75, 3.05) is 5.32 Å². The average molecular weight is 411 g/mol. The lowest BCUT2D eigenvalue weighted by atomic mass is 10.0. The third-order valence-electron chi connectivity index (χ3n) is 3.14. The molecule has 0 spiro atoms. The number of aromatic hydroxyl groups is 2. The number of amides is 1. The van der Waals surface area contributed by atoms with Crippen molar-refractivity contribution in [3.05, 3.63) is 50.4 Å². The van der Waals surface area contributed by atoms with Gasteiger partial charge in [-0.05, 0) is 57.9 Å². The first-order valence-electron chi connectivity index (χ1n) is 6.00. The number of hydrogen-bond acceptors (Lipinski definition) is 3. The molecule has 0 unspecified atom stereocenters. The number of rotatable bonds is 1. The molecule has 4 nitrogen and oxygen atoms in total. The third kappa shape index (κ3) is 2.56. The zero-order valence-electron chi connectivity index (χ0n) is 10.5. The first-order valence-corrected chi connectivity index (χ1v) is 7.59. The van der Waals surface area contributed by atoms with Crippen LogP contribution in [0.2, 0.25) is 0 Å². The van der Waals surface area contributed by atoms with Gasteiger partial charge in [-0.1, -0.05) is 15.9 Å². The molecule has 0 fully saturated rings. The van der Waals surface area contributed by atoms with Gasteiger partial charge in [-0.2, -0.15) is 0 Å². The van der Waals surface area contributed by atoms with E-state index < -0.39 is 0 Å². The van der Waals surface area contributed by atoms with Gasteiger partial charge in [-0.25, -0.2) is 0 Å². The predicted octanol–water partition coefficient (Wildman–Crippen LogP) is 4.12. The molecule has 106 valence electrons. The van der Waals surface area contributed by atoms with Crippen LogP contribution in [0.1, 0.15) is 11.1 Å². The standard InChI is InChI=1S/C15H9Br2NO3/c16-8-1-2-12-9(6-8)10(15(21)18-12)3-7-4-11(17)14(20)13(19)5-7/h1-6,19-20H,(H,18,21)/b10-3+. The summed E-state index contributed by atoms with van der Waals surface area (Å²) in [5, 5.41) is 22.0. The summed E-state index contributed by atoms with van der Waals surface area (Å²) in [4.78, 5) is 12.1. The molecule has 2 aromatic rings. The molecule has 1 amide bonds. The Morgan fingerprint density at radius 1 is 1.10 bits per heavy atom. The Hall–Kier alpha value is -1.79. The number of nitrogens with one attached hydrogen (secondary N) is 1. The van der Waals surface area contributed by atoms with E-state index in [1.54, 1.807) is 12.1 Å². The highest BCUT2D eigenvalue weighted by atomic mass is 79.9. The molecular formula is C15H9Br2NO3. The summed E-state index contributed by atoms with van der Waals surface area (Å²) < 4.78 is 1.24. The molecule has 3 N–H and O–H groups in total. The fraction of sp³-hybridized carbons (Fsp3) is 0. The normalized spacial score (nSPS) is 15.1. The number of benzene rings is 2. The van der Waals surface area contributed by atoms with E-state index in [2.05, 4.69) is 37.2 Å². The van der Waals surface area contributed by atoms with Crippen LogP contribution in [-0.2, 0) is 4.79 Å². The minimum atomic E-state index is -0.246. The molecule has 1 aliphatic rings. The van der Waals surface area contributed by atoms with Gasteiger partial charge in [-0.15, -0.1) is 0 Å². The molecule has 0 aliphatic carbocycles. The van der Waals surface area contributed by atoms with Crippen LogP contribution in [0.5, 0.6) is 11.5 Å². The topological polar surface area (TPSA) is 69.6 Å². The highest BCUT2D eigenvalue weighted by Crippen LogP contribution is 2.38. The van der Waals surface area contributed by atoms with Gasteiger partial charge in [0.15, 0.2) is 11.5 Å². The van der Waals surface area contributed by atoms with Gasteiger partial charge in [0.1, 0.15) is 0 Å². The molecule has 0 bridgehead atoms. The molecule has 0 aromatic heterocycles. The minimum absolute atomic E-state index is 0.202. The fourth-order valence-electron chi connectivity index (χ4n) is 2.16. The van der Waals surface area contributed by atoms with E-state index in [0.29, 0.717) is 15.6 Å². The van der Waals surface area contributed by atoms with Crippen molar-refractivity contribution in [2.24, 2.45) is 0 Å². The Labute approximate surface area is 137 Å². The average Bonchev–Trinajstić information content (AvgIpc) is 2.72. The number of halogens is 2. The van der Waals surface area contributed by atoms with Gasteiger partial charge in [0.25, 0.3) is 5.91 Å². The van der Waals surface area contributed by atoms with Gasteiger partial charge >= 0.3 is 0 Å². The lowest BCUT2D eigenvalue weighted by Crippen LogP contribution is -2.03. The summed E-state index contributed by atoms with van der Waals surface area (Å²) in [6.07, 6.45) is 1.66. The Kier molecular flexibility index (Phi) is 3.51. The van der Waals surface area contributed by atoms with Crippen LogP contribution in [0.3, 0.4) is 0 Å². The van der Waals surface area contributed by atoms with Gasteiger partial charge in [0.2, 0.25) is 0 Å². The van der Waals surface area contributed by atoms with Crippen LogP contribution in [-0.4, -0.2) is 16.1 Å². The van der Waals surface area contributed by atoms with Crippen LogP contribution >= 0.6 is 31.9 Å². The Balaban J connectivity index is 2.13. The van der Waals surface area contributed by atoms with Gasteiger partial charge in [0.05, 0.1) is 4.47 Å². The van der Waals surface area contributed by atoms with E-state index in [1.807, 2.05) is 18.2 Å². The molecule has 2 aromatic carbocycles. The number of carbonyl (C=O) groups is 1. The number of carbonyl (C=O) groups excluding carboxylic acids is 1. The van der Waals surface area contributed by atoms with Crippen molar-refractivity contribution in [2.45, 2.75) is 0 Å². The second kappa shape index (κ2) is 5.20. The third-order valence-corrected chi connectivity index (χ3v) is 4.24.